The van der Waals surface area contributed by atoms with Gasteiger partial charge in [-0.2, -0.15) is 11.8 Å². The lowest BCUT2D eigenvalue weighted by Crippen LogP contribution is -2.39. The lowest BCUT2D eigenvalue weighted by molar-refractivity contribution is -0.141. The molecule has 50 N–H and O–H groups in total. The molecule has 3 aromatic carbocycles. The van der Waals surface area contributed by atoms with E-state index in [0.29, 0.717) is 44.6 Å². The first kappa shape index (κ1) is 137. The summed E-state index contributed by atoms with van der Waals surface area (Å²) >= 11 is 1.60. The van der Waals surface area contributed by atoms with Crippen molar-refractivity contribution in [2.45, 2.75) is 223 Å². The van der Waals surface area contributed by atoms with Gasteiger partial charge in [-0.25, -0.2) is 4.98 Å². The van der Waals surface area contributed by atoms with Gasteiger partial charge in [0, 0.05) is 48.3 Å². The molecule has 0 radical (unpaired) electrons. The number of primary amides is 1. The molecule has 1 aliphatic heterocycles. The van der Waals surface area contributed by atoms with Gasteiger partial charge in [-0.15, -0.1) is 0 Å². The number of carbonyl (C=O) groups excluding carboxylic acids is 1. The van der Waals surface area contributed by atoms with Crippen molar-refractivity contribution in [2.75, 3.05) is 38.2 Å². The largest absolute Gasteiger partial charge is 0.508 e. The molecule has 0 aliphatic carbocycles. The summed E-state index contributed by atoms with van der Waals surface area (Å²) < 4.78 is 0. The number of fused-ring (bicyclic) bond motifs is 1. The normalized spacial score (nSPS) is 14.2. The highest BCUT2D eigenvalue weighted by Gasteiger charge is 2.23. The molecule has 6 rings (SSSR count). The molecule has 134 heavy (non-hydrogen) atoms. The van der Waals surface area contributed by atoms with E-state index in [9.17, 15) is 71.9 Å². The second-order valence-corrected chi connectivity index (χ2v) is 30.3. The van der Waals surface area contributed by atoms with Crippen molar-refractivity contribution in [3.63, 3.8) is 0 Å². The Morgan fingerprint density at radius 2 is 0.888 bits per heavy atom. The Morgan fingerprint density at radius 3 is 1.19 bits per heavy atom. The molecular weight excluding hydrogens is 1800 g/mol. The number of rotatable bonds is 39. The number of carbonyl (C=O) groups is 15. The molecule has 0 unspecified atom stereocenters. The van der Waals surface area contributed by atoms with Gasteiger partial charge >= 0.3 is 83.6 Å². The Labute approximate surface area is 778 Å². The van der Waals surface area contributed by atoms with Crippen molar-refractivity contribution in [3.8, 4) is 5.75 Å². The predicted molar refractivity (Wildman–Crippen MR) is 496 cm³/mol. The zero-order valence-corrected chi connectivity index (χ0v) is 77.0. The van der Waals surface area contributed by atoms with E-state index in [1.165, 1.54) is 25.4 Å². The van der Waals surface area contributed by atoms with Crippen LogP contribution in [0.2, 0.25) is 0 Å². The number of aliphatic hydroxyl groups is 2. The number of carboxylic acids is 14. The first-order valence-electron chi connectivity index (χ1n) is 40.9. The Bertz CT molecular complexity index is 4020. The number of phenolic OH excluding ortho intramolecular Hbond substituents is 1. The van der Waals surface area contributed by atoms with Crippen LogP contribution in [0.5, 0.6) is 5.75 Å². The van der Waals surface area contributed by atoms with Crippen LogP contribution in [-0.4, -0.2) is 314 Å². The molecule has 1 fully saturated rings. The molecule has 5 aromatic rings. The zero-order valence-electron chi connectivity index (χ0n) is 76.2. The number of phenols is 1. The number of aromatic nitrogens is 3. The topological polar surface area (TPSA) is 1050 Å². The Balaban J connectivity index is -0.000000214. The van der Waals surface area contributed by atoms with E-state index in [4.69, 9.17) is 167 Å². The summed E-state index contributed by atoms with van der Waals surface area (Å²) in [5.74, 6) is -12.8. The summed E-state index contributed by atoms with van der Waals surface area (Å²) in [4.78, 5) is 161. The van der Waals surface area contributed by atoms with Crippen LogP contribution in [0.4, 0.5) is 0 Å². The van der Waals surface area contributed by atoms with Crippen LogP contribution in [-0.2, 0) is 97.6 Å². The highest BCUT2D eigenvalue weighted by atomic mass is 32.2. The van der Waals surface area contributed by atoms with Crippen molar-refractivity contribution >= 4 is 112 Å². The number of nitrogens with two attached hydrogens (primary N) is 15. The van der Waals surface area contributed by atoms with E-state index in [1.54, 1.807) is 43.9 Å². The number of aromatic amines is 2. The maximum Gasteiger partial charge on any atom is 0.323 e. The molecule has 3 heterocycles. The number of thioether (sulfide) groups is 1. The summed E-state index contributed by atoms with van der Waals surface area (Å²) in [5.41, 5.74) is 81.2. The number of aliphatic carboxylic acids is 14. The second-order valence-electron chi connectivity index (χ2n) is 29.3. The van der Waals surface area contributed by atoms with Crippen LogP contribution in [0.25, 0.3) is 10.9 Å². The number of benzene rings is 3. The zero-order chi connectivity index (χ0) is 106. The minimum Gasteiger partial charge on any atom is -0.508 e. The first-order chi connectivity index (χ1) is 62.1. The summed E-state index contributed by atoms with van der Waals surface area (Å²) in [5, 5.41) is 145. The number of hydrogen-bond donors (Lipinski definition) is 35. The van der Waals surface area contributed by atoms with E-state index in [0.717, 1.165) is 77.7 Å². The molecule has 2 aromatic heterocycles. The third-order valence-corrected chi connectivity index (χ3v) is 17.4. The molecule has 1 aliphatic rings. The molecule has 52 heteroatoms. The molecule has 0 saturated carbocycles. The molecule has 0 bridgehead atoms. The SMILES string of the molecule is CC(C)C[C@H](N)C(=O)O.CC(C)[C@H](N)C(=O)O.CC[C@H](C)[C@H](N)C(=O)O.CSCC[C@H](N)C(=O)O.C[C@@H](O)[C@H](N)C(=O)O.NC(=O)CC[C@H](N)C(=O)O.NCC(=O)O.NCCCC[C@H](N)C(=O)O.N[C@@H](CO)C(=O)O.N[C@@H](Cc1c[nH]c2ccccc12)C(=O)O.N[C@@H](Cc1ccc(O)cc1)C(=O)O.N[C@@H](Cc1ccccc1)C(=O)O.N[C@@H](Cc1cnc[nH]1)C(=O)O.O=C(O)[C@@H]1CCCN1. The number of aromatic hydroxyl groups is 1. The first-order valence-corrected chi connectivity index (χ1v) is 42.3. The van der Waals surface area contributed by atoms with Crippen LogP contribution < -0.4 is 91.3 Å². The number of hydrogen-bond acceptors (Lipinski definition) is 35. The number of unbranched alkanes of at least 4 members (excludes halogenated alkanes) is 1. The van der Waals surface area contributed by atoms with E-state index < -0.39 is 175 Å². The third kappa shape index (κ3) is 81.9. The van der Waals surface area contributed by atoms with Crippen LogP contribution in [0.1, 0.15) is 135 Å². The van der Waals surface area contributed by atoms with Gasteiger partial charge in [0.1, 0.15) is 84.3 Å². The number of H-pyrrole nitrogens is 2. The van der Waals surface area contributed by atoms with Crippen molar-refractivity contribution in [3.05, 3.63) is 120 Å². The molecule has 15 atom stereocenters. The molecule has 0 spiro atoms. The minimum absolute atomic E-state index is 0.0208. The number of para-hydroxylation sites is 1. The van der Waals surface area contributed by atoms with Crippen LogP contribution >= 0.6 is 11.8 Å². The van der Waals surface area contributed by atoms with Gasteiger partial charge in [-0.05, 0) is 142 Å². The lowest BCUT2D eigenvalue weighted by atomic mass is 10.0. The Morgan fingerprint density at radius 1 is 0.478 bits per heavy atom. The average Bonchev–Trinajstić information content (AvgIpc) is 1.69. The van der Waals surface area contributed by atoms with Gasteiger partial charge in [-0.1, -0.05) is 115 Å². The van der Waals surface area contributed by atoms with E-state index in [2.05, 4.69) is 26.0 Å². The molecule has 51 nitrogen and oxygen atoms in total. The van der Waals surface area contributed by atoms with Crippen LogP contribution in [0.3, 0.4) is 0 Å². The Hall–Kier alpha value is -12.1. The summed E-state index contributed by atoms with van der Waals surface area (Å²) in [6.45, 7) is 13.2. The maximum absolute atomic E-state index is 10.6. The molecular formula is C82H145N19O32S. The van der Waals surface area contributed by atoms with Gasteiger partial charge < -0.3 is 188 Å². The third-order valence-electron chi connectivity index (χ3n) is 16.8. The quantitative estimate of drug-likeness (QED) is 0.0172. The maximum atomic E-state index is 10.6. The second kappa shape index (κ2) is 82.8. The van der Waals surface area contributed by atoms with Gasteiger partial charge in [0.2, 0.25) is 5.91 Å². The number of carboxylic acid groups (broad SMARTS) is 14. The summed E-state index contributed by atoms with van der Waals surface area (Å²) in [6.07, 6.45) is 13.1. The standard InChI is InChI=1S/C11H12N2O2.C9H11NO3.C9H11NO2.C6H9N3O2.C6H14N2O2.2C6H13NO2.C5H10N2O3.C5H11NO2S.C5H9NO2.C5H11NO2.C4H9NO3.C3H7NO3.C2H5NO2/c12-9(11(14)15)5-7-6-13-10-4-2-1-3-8(7)10;10-8(9(12)13)5-6-1-3-7(11)4-2-6;10-8(9(11)12)6-7-4-2-1-3-5-7;7-5(6(10)11)1-4-2-8-3-9-4;7-4-2-1-3-5(8)6(9)10;1-4(2)3-5(7)6(8)9;1-3-4(2)5(7)6(8)9;6-3(5(9)10)1-2-4(7)8;1-9-3-2-4(6)5(7)8;7-5(8)4-2-1-3-6-4;1-3(2)4(6)5(7)8;1-2(6)3(5)4(7)8;4-2(1-5)3(6)7;3-1-2(4)5/h1-4,6,9,13H,5,12H2,(H,14,15);1-4,8,11H,5,10H2,(H,12,13);1-5,8H,6,10H2,(H,11,12);2-3,5H,1,7H2,(H,8,9)(H,10,11);5H,1-4,7-8H2,(H,9,10);2*4-5H,3,7H2,1-2H3,(H,8,9);3H,1-2,6H2,(H2,7,8)(H,9,10);4H,2-3,6H2,1H3,(H,7,8);4,6H,1-3H2,(H,7,8);3-4H,6H2,1-2H3,(H,7,8);2-3,6H,5H2,1H3,(H,7,8);2,5H,1,4H2,(H,6,7);1,3H2,(H,4,5)/t9-;2*8-;3*5-;4-,5-;3-;3*4-;2-,3+;2-;/m0000000000010./s1. The van der Waals surface area contributed by atoms with Crippen molar-refractivity contribution in [1.82, 2.24) is 20.3 Å². The summed E-state index contributed by atoms with van der Waals surface area (Å²) in [7, 11) is 0. The van der Waals surface area contributed by atoms with Crippen molar-refractivity contribution in [1.29, 1.82) is 0 Å². The van der Waals surface area contributed by atoms with Gasteiger partial charge in [-0.3, -0.25) is 71.9 Å². The van der Waals surface area contributed by atoms with Crippen LogP contribution in [0.15, 0.2) is 97.6 Å². The van der Waals surface area contributed by atoms with E-state index in [-0.39, 0.29) is 55.9 Å². The van der Waals surface area contributed by atoms with Gasteiger partial charge in [0.15, 0.2) is 0 Å². The minimum atomic E-state index is -1.18. The van der Waals surface area contributed by atoms with Crippen molar-refractivity contribution < 1.29 is 159 Å². The fourth-order valence-corrected chi connectivity index (χ4v) is 8.76. The molecule has 1 saturated heterocycles. The highest BCUT2D eigenvalue weighted by Crippen LogP contribution is 2.19. The molecule has 766 valence electrons. The highest BCUT2D eigenvalue weighted by molar-refractivity contribution is 7.98. The van der Waals surface area contributed by atoms with E-state index >= 15 is 0 Å². The average molecular weight is 1940 g/mol. The Kier molecular flexibility index (Phi) is 84.9. The fourth-order valence-electron chi connectivity index (χ4n) is 8.27. The van der Waals surface area contributed by atoms with Crippen LogP contribution in [0, 0.1) is 17.8 Å². The number of imidazole rings is 1. The number of nitrogens with zero attached hydrogens (tertiary/aromatic N) is 1. The number of nitrogens with one attached hydrogen (secondary N) is 3. The number of aliphatic hydroxyl groups excluding tert-OH is 2. The van der Waals surface area contributed by atoms with Crippen molar-refractivity contribution in [2.24, 2.45) is 104 Å². The summed E-state index contributed by atoms with van der Waals surface area (Å²) in [6, 6.07) is 13.0. The lowest BCUT2D eigenvalue weighted by Gasteiger charge is -2.11. The van der Waals surface area contributed by atoms with E-state index in [1.807, 2.05) is 94.7 Å². The van der Waals surface area contributed by atoms with Gasteiger partial charge in [0.05, 0.1) is 25.6 Å². The smallest absolute Gasteiger partial charge is 0.323 e. The fraction of sp³-hybridized carbons (Fsp3) is 0.537. The van der Waals surface area contributed by atoms with Gasteiger partial charge in [0.25, 0.3) is 0 Å². The monoisotopic (exact) mass is 1940 g/mol. The number of amides is 1. The predicted octanol–water partition coefficient (Wildman–Crippen LogP) is -3.22. The molecule has 1 amide bonds.